The van der Waals surface area contributed by atoms with Crippen LogP contribution in [0.15, 0.2) is 68.8 Å². The number of aryl methyl sites for hydroxylation is 2. The zero-order chi connectivity index (χ0) is 19.0. The number of aliphatic imine (C=N–C) groups is 1. The van der Waals surface area contributed by atoms with Crippen LogP contribution < -0.4 is 10.9 Å². The van der Waals surface area contributed by atoms with E-state index in [4.69, 9.17) is 4.42 Å². The van der Waals surface area contributed by atoms with Crippen LogP contribution in [0, 0.1) is 13.8 Å². The van der Waals surface area contributed by atoms with Crippen LogP contribution in [0.25, 0.3) is 0 Å². The van der Waals surface area contributed by atoms with Gasteiger partial charge in [0.15, 0.2) is 0 Å². The summed E-state index contributed by atoms with van der Waals surface area (Å²) in [5, 5.41) is 13.9. The molecule has 0 amide bonds. The van der Waals surface area contributed by atoms with Gasteiger partial charge in [0.05, 0.1) is 23.1 Å². The van der Waals surface area contributed by atoms with Gasteiger partial charge in [-0.15, -0.1) is 0 Å². The summed E-state index contributed by atoms with van der Waals surface area (Å²) >= 11 is 0. The highest BCUT2D eigenvalue weighted by Crippen LogP contribution is 2.36. The van der Waals surface area contributed by atoms with Gasteiger partial charge in [0.1, 0.15) is 17.1 Å². The maximum absolute atomic E-state index is 12.4. The standard InChI is InChI=1S/C22H20N2O3/c1-13-7-9-15(10-8-13)18-12-19(21-20(25)11-14(2)27-22(21)26)24-17-6-4-3-5-16(17)23-18/h3-11,18,23,25H,12H2,1-2H3. The molecule has 2 aromatic carbocycles. The lowest BCUT2D eigenvalue weighted by molar-refractivity contribution is 0.432. The Kier molecular flexibility index (Phi) is 4.28. The molecule has 0 bridgehead atoms. The minimum atomic E-state index is -0.576. The molecule has 0 radical (unpaired) electrons. The third-order valence-corrected chi connectivity index (χ3v) is 4.71. The van der Waals surface area contributed by atoms with Crippen LogP contribution in [0.3, 0.4) is 0 Å². The Morgan fingerprint density at radius 3 is 2.59 bits per heavy atom. The maximum atomic E-state index is 12.4. The molecule has 1 aliphatic rings. The van der Waals surface area contributed by atoms with E-state index in [1.807, 2.05) is 31.2 Å². The van der Waals surface area contributed by atoms with Gasteiger partial charge in [-0.1, -0.05) is 42.0 Å². The molecule has 4 rings (SSSR count). The predicted molar refractivity (Wildman–Crippen MR) is 106 cm³/mol. The van der Waals surface area contributed by atoms with Crippen molar-refractivity contribution in [3.63, 3.8) is 0 Å². The molecule has 1 atom stereocenters. The highest BCUT2D eigenvalue weighted by Gasteiger charge is 2.25. The number of fused-ring (bicyclic) bond motifs is 1. The van der Waals surface area contributed by atoms with Crippen molar-refractivity contribution in [2.75, 3.05) is 5.32 Å². The summed E-state index contributed by atoms with van der Waals surface area (Å²) in [6.45, 7) is 3.67. The van der Waals surface area contributed by atoms with Crippen LogP contribution in [0.1, 0.15) is 34.9 Å². The van der Waals surface area contributed by atoms with E-state index >= 15 is 0 Å². The van der Waals surface area contributed by atoms with E-state index < -0.39 is 5.63 Å². The first-order chi connectivity index (χ1) is 13.0. The molecule has 5 nitrogen and oxygen atoms in total. The first kappa shape index (κ1) is 17.1. The molecule has 0 saturated carbocycles. The number of hydrogen-bond donors (Lipinski definition) is 2. The van der Waals surface area contributed by atoms with Gasteiger partial charge in [0.25, 0.3) is 0 Å². The third-order valence-electron chi connectivity index (χ3n) is 4.71. The highest BCUT2D eigenvalue weighted by atomic mass is 16.4. The first-order valence-electron chi connectivity index (χ1n) is 8.85. The van der Waals surface area contributed by atoms with Gasteiger partial charge in [-0.2, -0.15) is 0 Å². The number of nitrogens with one attached hydrogen (secondary N) is 1. The van der Waals surface area contributed by atoms with Gasteiger partial charge in [0, 0.05) is 12.5 Å². The summed E-state index contributed by atoms with van der Waals surface area (Å²) in [6, 6.07) is 17.3. The topological polar surface area (TPSA) is 74.8 Å². The Morgan fingerprint density at radius 1 is 1.11 bits per heavy atom. The van der Waals surface area contributed by atoms with Crippen LogP contribution in [0.2, 0.25) is 0 Å². The first-order valence-corrected chi connectivity index (χ1v) is 8.85. The molecule has 2 N–H and O–H groups in total. The van der Waals surface area contributed by atoms with Gasteiger partial charge in [-0.3, -0.25) is 4.99 Å². The van der Waals surface area contributed by atoms with Crippen molar-refractivity contribution in [3.05, 3.63) is 87.5 Å². The van der Waals surface area contributed by atoms with Crippen molar-refractivity contribution in [1.29, 1.82) is 0 Å². The molecular weight excluding hydrogens is 340 g/mol. The van der Waals surface area contributed by atoms with E-state index in [0.29, 0.717) is 17.9 Å². The molecule has 136 valence electrons. The Morgan fingerprint density at radius 2 is 1.85 bits per heavy atom. The van der Waals surface area contributed by atoms with E-state index in [-0.39, 0.29) is 17.4 Å². The second-order valence-corrected chi connectivity index (χ2v) is 6.79. The zero-order valence-corrected chi connectivity index (χ0v) is 15.2. The molecule has 1 aliphatic heterocycles. The molecule has 0 saturated heterocycles. The predicted octanol–water partition coefficient (Wildman–Crippen LogP) is 4.64. The van der Waals surface area contributed by atoms with Gasteiger partial charge in [-0.05, 0) is 31.5 Å². The lowest BCUT2D eigenvalue weighted by Crippen LogP contribution is -2.20. The monoisotopic (exact) mass is 360 g/mol. The lowest BCUT2D eigenvalue weighted by Gasteiger charge is -2.19. The largest absolute Gasteiger partial charge is 0.507 e. The number of anilines is 1. The molecule has 27 heavy (non-hydrogen) atoms. The minimum absolute atomic E-state index is 0.0897. The van der Waals surface area contributed by atoms with Crippen LogP contribution in [0.4, 0.5) is 11.4 Å². The van der Waals surface area contributed by atoms with Crippen LogP contribution >= 0.6 is 0 Å². The van der Waals surface area contributed by atoms with Crippen molar-refractivity contribution in [2.45, 2.75) is 26.3 Å². The molecule has 0 spiro atoms. The molecule has 1 aromatic heterocycles. The van der Waals surface area contributed by atoms with Crippen molar-refractivity contribution in [1.82, 2.24) is 0 Å². The SMILES string of the molecule is Cc1ccc(C2CC(c3c(O)cc(C)oc3=O)=Nc3ccccc3N2)cc1. The normalized spacial score (nSPS) is 16.1. The van der Waals surface area contributed by atoms with E-state index in [2.05, 4.69) is 34.6 Å². The van der Waals surface area contributed by atoms with Crippen molar-refractivity contribution in [3.8, 4) is 5.75 Å². The quantitative estimate of drug-likeness (QED) is 0.698. The molecule has 2 heterocycles. The highest BCUT2D eigenvalue weighted by molar-refractivity contribution is 6.05. The van der Waals surface area contributed by atoms with Gasteiger partial charge in [-0.25, -0.2) is 4.79 Å². The smallest absolute Gasteiger partial charge is 0.348 e. The fourth-order valence-corrected chi connectivity index (χ4v) is 3.34. The Balaban J connectivity index is 1.86. The van der Waals surface area contributed by atoms with Crippen molar-refractivity contribution < 1.29 is 9.52 Å². The zero-order valence-electron chi connectivity index (χ0n) is 15.2. The Bertz CT molecular complexity index is 1080. The van der Waals surface area contributed by atoms with E-state index in [0.717, 1.165) is 16.9 Å². The molecule has 5 heteroatoms. The molecule has 1 unspecified atom stereocenters. The van der Waals surface area contributed by atoms with Crippen LogP contribution in [-0.4, -0.2) is 10.8 Å². The minimum Gasteiger partial charge on any atom is -0.507 e. The fourth-order valence-electron chi connectivity index (χ4n) is 3.34. The summed E-state index contributed by atoms with van der Waals surface area (Å²) in [5.41, 5.74) is 3.92. The van der Waals surface area contributed by atoms with Crippen molar-refractivity contribution in [2.24, 2.45) is 4.99 Å². The van der Waals surface area contributed by atoms with Crippen LogP contribution in [-0.2, 0) is 0 Å². The van der Waals surface area contributed by atoms with Crippen LogP contribution in [0.5, 0.6) is 5.75 Å². The lowest BCUT2D eigenvalue weighted by atomic mass is 9.97. The van der Waals surface area contributed by atoms with E-state index in [1.165, 1.54) is 11.6 Å². The maximum Gasteiger partial charge on any atom is 0.348 e. The molecule has 3 aromatic rings. The summed E-state index contributed by atoms with van der Waals surface area (Å²) in [7, 11) is 0. The van der Waals surface area contributed by atoms with Gasteiger partial charge >= 0.3 is 5.63 Å². The molecular formula is C22H20N2O3. The van der Waals surface area contributed by atoms with E-state index in [1.54, 1.807) is 6.92 Å². The number of aromatic hydroxyl groups is 1. The fraction of sp³-hybridized carbons (Fsp3) is 0.182. The molecule has 0 aliphatic carbocycles. The number of rotatable bonds is 2. The third kappa shape index (κ3) is 3.36. The Labute approximate surface area is 157 Å². The number of nitrogens with zero attached hydrogens (tertiary/aromatic N) is 1. The second-order valence-electron chi connectivity index (χ2n) is 6.79. The summed E-state index contributed by atoms with van der Waals surface area (Å²) in [4.78, 5) is 17.1. The average Bonchev–Trinajstić information content (AvgIpc) is 2.81. The average molecular weight is 360 g/mol. The number of benzene rings is 2. The van der Waals surface area contributed by atoms with Gasteiger partial charge in [0.2, 0.25) is 0 Å². The summed E-state index contributed by atoms with van der Waals surface area (Å²) < 4.78 is 5.21. The summed E-state index contributed by atoms with van der Waals surface area (Å²) in [6.07, 6.45) is 0.444. The Hall–Kier alpha value is -3.34. The second kappa shape index (κ2) is 6.76. The van der Waals surface area contributed by atoms with Crippen molar-refractivity contribution >= 4 is 17.1 Å². The molecule has 0 fully saturated rings. The number of para-hydroxylation sites is 2. The van der Waals surface area contributed by atoms with Gasteiger partial charge < -0.3 is 14.8 Å². The van der Waals surface area contributed by atoms with E-state index in [9.17, 15) is 9.90 Å². The summed E-state index contributed by atoms with van der Waals surface area (Å²) in [5.74, 6) is 0.258. The number of hydrogen-bond acceptors (Lipinski definition) is 5.